The van der Waals surface area contributed by atoms with Gasteiger partial charge in [0, 0.05) is 31.6 Å². The van der Waals surface area contributed by atoms with Gasteiger partial charge in [0.25, 0.3) is 0 Å². The van der Waals surface area contributed by atoms with E-state index in [-0.39, 0.29) is 12.0 Å². The van der Waals surface area contributed by atoms with Gasteiger partial charge in [0.05, 0.1) is 12.3 Å². The van der Waals surface area contributed by atoms with E-state index in [1.54, 1.807) is 6.20 Å². The lowest BCUT2D eigenvalue weighted by molar-refractivity contribution is -0.121. The fourth-order valence-corrected chi connectivity index (χ4v) is 2.80. The van der Waals surface area contributed by atoms with Crippen molar-refractivity contribution in [2.45, 2.75) is 45.6 Å². The van der Waals surface area contributed by atoms with Crippen molar-refractivity contribution in [3.05, 3.63) is 41.4 Å². The molecule has 1 amide bonds. The predicted molar refractivity (Wildman–Crippen MR) is 91.7 cm³/mol. The molecule has 0 spiro atoms. The summed E-state index contributed by atoms with van der Waals surface area (Å²) in [5.74, 6) is 1.35. The molecule has 1 atom stereocenters. The smallest absolute Gasteiger partial charge is 0.220 e. The first kappa shape index (κ1) is 16.7. The number of nitrogens with zero attached hydrogens (tertiary/aromatic N) is 1. The Kier molecular flexibility index (Phi) is 5.30. The summed E-state index contributed by atoms with van der Waals surface area (Å²) in [5.41, 5.74) is 3.49. The van der Waals surface area contributed by atoms with Crippen LogP contribution in [0.15, 0.2) is 28.8 Å². The van der Waals surface area contributed by atoms with Crippen LogP contribution >= 0.6 is 0 Å². The number of hydrogen-bond acceptors (Lipinski definition) is 4. The third-order valence-electron chi connectivity index (χ3n) is 4.46. The number of benzene rings is 1. The highest BCUT2D eigenvalue weighted by Gasteiger charge is 2.16. The lowest BCUT2D eigenvalue weighted by atomic mass is 10.1. The maximum Gasteiger partial charge on any atom is 0.220 e. The zero-order chi connectivity index (χ0) is 16.9. The molecule has 1 saturated heterocycles. The summed E-state index contributed by atoms with van der Waals surface area (Å²) < 4.78 is 11.3. The van der Waals surface area contributed by atoms with E-state index < -0.39 is 0 Å². The Bertz CT molecular complexity index is 702. The van der Waals surface area contributed by atoms with Gasteiger partial charge in [-0.25, -0.2) is 4.98 Å². The van der Waals surface area contributed by atoms with Crippen molar-refractivity contribution in [3.8, 4) is 11.3 Å². The normalized spacial score (nSPS) is 17.2. The summed E-state index contributed by atoms with van der Waals surface area (Å²) >= 11 is 0. The number of rotatable bonds is 6. The molecule has 5 nitrogen and oxygen atoms in total. The Labute approximate surface area is 142 Å². The minimum absolute atomic E-state index is 0.0106. The Morgan fingerprint density at radius 2 is 2.21 bits per heavy atom. The molecule has 0 aliphatic carbocycles. The van der Waals surface area contributed by atoms with Crippen molar-refractivity contribution in [1.29, 1.82) is 0 Å². The van der Waals surface area contributed by atoms with Crippen molar-refractivity contribution in [2.75, 3.05) is 13.2 Å². The number of hydrogen-bond donors (Lipinski definition) is 1. The second-order valence-electron chi connectivity index (χ2n) is 6.36. The zero-order valence-electron chi connectivity index (χ0n) is 14.3. The van der Waals surface area contributed by atoms with Gasteiger partial charge in [0.2, 0.25) is 5.91 Å². The molecular formula is C19H24N2O3. The van der Waals surface area contributed by atoms with Crippen molar-refractivity contribution in [2.24, 2.45) is 0 Å². The largest absolute Gasteiger partial charge is 0.441 e. The summed E-state index contributed by atoms with van der Waals surface area (Å²) in [5, 5.41) is 2.91. The highest BCUT2D eigenvalue weighted by molar-refractivity contribution is 5.76. The molecular weight excluding hydrogens is 304 g/mol. The van der Waals surface area contributed by atoms with Crippen LogP contribution in [0.2, 0.25) is 0 Å². The highest BCUT2D eigenvalue weighted by atomic mass is 16.5. The molecule has 0 radical (unpaired) electrons. The molecule has 1 aliphatic rings. The Balaban J connectivity index is 1.50. The van der Waals surface area contributed by atoms with Gasteiger partial charge in [-0.1, -0.05) is 12.1 Å². The number of oxazole rings is 1. The van der Waals surface area contributed by atoms with Crippen LogP contribution in [0.25, 0.3) is 11.3 Å². The van der Waals surface area contributed by atoms with E-state index >= 15 is 0 Å². The van der Waals surface area contributed by atoms with Crippen LogP contribution in [-0.2, 0) is 16.0 Å². The van der Waals surface area contributed by atoms with Gasteiger partial charge in [-0.15, -0.1) is 0 Å². The molecule has 1 fully saturated rings. The molecule has 0 bridgehead atoms. The maximum atomic E-state index is 11.9. The van der Waals surface area contributed by atoms with Crippen LogP contribution in [0.5, 0.6) is 0 Å². The van der Waals surface area contributed by atoms with Gasteiger partial charge < -0.3 is 14.5 Å². The fraction of sp³-hybridized carbons (Fsp3) is 0.474. The van der Waals surface area contributed by atoms with Gasteiger partial charge in [-0.2, -0.15) is 0 Å². The highest BCUT2D eigenvalue weighted by Crippen LogP contribution is 2.23. The van der Waals surface area contributed by atoms with Crippen LogP contribution in [0.3, 0.4) is 0 Å². The summed E-state index contributed by atoms with van der Waals surface area (Å²) in [7, 11) is 0. The van der Waals surface area contributed by atoms with E-state index in [2.05, 4.69) is 36.3 Å². The second-order valence-corrected chi connectivity index (χ2v) is 6.36. The number of amides is 1. The minimum Gasteiger partial charge on any atom is -0.441 e. The van der Waals surface area contributed by atoms with Gasteiger partial charge in [0.1, 0.15) is 0 Å². The number of carbonyl (C=O) groups is 1. The first-order valence-electron chi connectivity index (χ1n) is 8.52. The number of carbonyl (C=O) groups excluding carboxylic acids is 1. The topological polar surface area (TPSA) is 64.4 Å². The summed E-state index contributed by atoms with van der Waals surface area (Å²) in [6.07, 6.45) is 4.88. The van der Waals surface area contributed by atoms with E-state index in [1.165, 1.54) is 11.1 Å². The molecule has 24 heavy (non-hydrogen) atoms. The first-order chi connectivity index (χ1) is 11.6. The number of aryl methyl sites for hydroxylation is 3. The number of ether oxygens (including phenoxy) is 1. The molecule has 1 N–H and O–H groups in total. The zero-order valence-corrected chi connectivity index (χ0v) is 14.3. The van der Waals surface area contributed by atoms with E-state index in [0.717, 1.165) is 30.8 Å². The maximum absolute atomic E-state index is 11.9. The Hall–Kier alpha value is -2.14. The molecule has 5 heteroatoms. The van der Waals surface area contributed by atoms with Crippen LogP contribution in [0, 0.1) is 13.8 Å². The van der Waals surface area contributed by atoms with E-state index in [1.807, 2.05) is 6.07 Å². The van der Waals surface area contributed by atoms with Gasteiger partial charge >= 0.3 is 0 Å². The molecule has 1 aromatic heterocycles. The van der Waals surface area contributed by atoms with Gasteiger partial charge in [0.15, 0.2) is 11.7 Å². The van der Waals surface area contributed by atoms with E-state index in [0.29, 0.717) is 25.3 Å². The molecule has 1 unspecified atom stereocenters. The quantitative estimate of drug-likeness (QED) is 0.884. The van der Waals surface area contributed by atoms with E-state index in [4.69, 9.17) is 9.15 Å². The van der Waals surface area contributed by atoms with Crippen molar-refractivity contribution >= 4 is 5.91 Å². The van der Waals surface area contributed by atoms with Gasteiger partial charge in [-0.05, 0) is 43.9 Å². The SMILES string of the molecule is Cc1ccc(-c2cnc(CCC(=O)NCC3CCCO3)o2)cc1C. The van der Waals surface area contributed by atoms with Crippen molar-refractivity contribution < 1.29 is 13.9 Å². The second kappa shape index (κ2) is 7.62. The predicted octanol–water partition coefficient (Wildman–Crippen LogP) is 3.19. The molecule has 3 rings (SSSR count). The standard InChI is InChI=1S/C19H24N2O3/c1-13-5-6-15(10-14(13)2)17-12-21-19(24-17)8-7-18(22)20-11-16-4-3-9-23-16/h5-6,10,12,16H,3-4,7-9,11H2,1-2H3,(H,20,22). The molecule has 0 saturated carbocycles. The Morgan fingerprint density at radius 3 is 2.96 bits per heavy atom. The monoisotopic (exact) mass is 328 g/mol. The first-order valence-corrected chi connectivity index (χ1v) is 8.52. The molecule has 2 aromatic rings. The fourth-order valence-electron chi connectivity index (χ4n) is 2.80. The van der Waals surface area contributed by atoms with Crippen molar-refractivity contribution in [3.63, 3.8) is 0 Å². The number of nitrogens with one attached hydrogen (secondary N) is 1. The molecule has 1 aliphatic heterocycles. The Morgan fingerprint density at radius 1 is 1.33 bits per heavy atom. The summed E-state index contributed by atoms with van der Waals surface area (Å²) in [4.78, 5) is 16.2. The van der Waals surface area contributed by atoms with Crippen LogP contribution in [0.4, 0.5) is 0 Å². The minimum atomic E-state index is 0.0106. The van der Waals surface area contributed by atoms with Gasteiger partial charge in [-0.3, -0.25) is 4.79 Å². The van der Waals surface area contributed by atoms with E-state index in [9.17, 15) is 4.79 Å². The summed E-state index contributed by atoms with van der Waals surface area (Å²) in [6.45, 7) is 5.56. The van der Waals surface area contributed by atoms with Crippen LogP contribution in [-0.4, -0.2) is 30.1 Å². The average Bonchev–Trinajstić information content (AvgIpc) is 3.25. The number of aromatic nitrogens is 1. The molecule has 128 valence electrons. The molecule has 2 heterocycles. The van der Waals surface area contributed by atoms with Crippen molar-refractivity contribution in [1.82, 2.24) is 10.3 Å². The third-order valence-corrected chi connectivity index (χ3v) is 4.46. The van der Waals surface area contributed by atoms with Crippen LogP contribution in [0.1, 0.15) is 36.3 Å². The molecule has 1 aromatic carbocycles. The third kappa shape index (κ3) is 4.23. The lowest BCUT2D eigenvalue weighted by Gasteiger charge is -2.10. The lowest BCUT2D eigenvalue weighted by Crippen LogP contribution is -2.31. The average molecular weight is 328 g/mol. The van der Waals surface area contributed by atoms with Crippen LogP contribution < -0.4 is 5.32 Å². The summed E-state index contributed by atoms with van der Waals surface area (Å²) in [6, 6.07) is 6.19.